The fourth-order valence-electron chi connectivity index (χ4n) is 2.81. The van der Waals surface area contributed by atoms with Gasteiger partial charge >= 0.3 is 0 Å². The number of aromatic nitrogens is 3. The van der Waals surface area contributed by atoms with E-state index in [1.54, 1.807) is 30.5 Å². The zero-order valence-electron chi connectivity index (χ0n) is 14.2. The summed E-state index contributed by atoms with van der Waals surface area (Å²) in [6.07, 6.45) is 3.85. The van der Waals surface area contributed by atoms with Gasteiger partial charge in [0.05, 0.1) is 27.7 Å². The van der Waals surface area contributed by atoms with Crippen molar-refractivity contribution in [3.8, 4) is 0 Å². The first-order chi connectivity index (χ1) is 12.5. The van der Waals surface area contributed by atoms with Gasteiger partial charge in [-0.05, 0) is 38.0 Å². The Labute approximate surface area is 155 Å². The Balaban J connectivity index is 1.77. The van der Waals surface area contributed by atoms with E-state index in [-0.39, 0.29) is 5.78 Å². The summed E-state index contributed by atoms with van der Waals surface area (Å²) in [6.45, 7) is 1.84. The number of carbonyl (C=O) groups excluding carboxylic acids is 1. The number of aromatic amines is 1. The van der Waals surface area contributed by atoms with E-state index in [4.69, 9.17) is 17.3 Å². The molecule has 2 aromatic heterocycles. The summed E-state index contributed by atoms with van der Waals surface area (Å²) in [7, 11) is 0. The van der Waals surface area contributed by atoms with Crippen LogP contribution in [0.5, 0.6) is 0 Å². The van der Waals surface area contributed by atoms with Crippen molar-refractivity contribution in [2.24, 2.45) is 0 Å². The molecular weight excluding hydrogens is 350 g/mol. The maximum atomic E-state index is 13.0. The predicted molar refractivity (Wildman–Crippen MR) is 102 cm³/mol. The largest absolute Gasteiger partial charge is 0.394 e. The van der Waals surface area contributed by atoms with E-state index in [2.05, 4.69) is 20.5 Å². The van der Waals surface area contributed by atoms with E-state index in [9.17, 15) is 4.79 Å². The normalized spacial score (nSPS) is 13.6. The summed E-state index contributed by atoms with van der Waals surface area (Å²) >= 11 is 6.20. The number of aryl methyl sites for hydroxylation is 1. The summed E-state index contributed by atoms with van der Waals surface area (Å²) in [5.41, 5.74) is 9.79. The zero-order valence-corrected chi connectivity index (χ0v) is 15.0. The van der Waals surface area contributed by atoms with Crippen LogP contribution >= 0.6 is 11.6 Å². The molecule has 1 aromatic carbocycles. The Morgan fingerprint density at radius 1 is 1.31 bits per heavy atom. The Kier molecular flexibility index (Phi) is 4.12. The highest BCUT2D eigenvalue weighted by Gasteiger charge is 2.27. The number of nitrogen functional groups attached to an aromatic ring is 1. The molecule has 0 unspecified atom stereocenters. The van der Waals surface area contributed by atoms with Crippen LogP contribution in [0.1, 0.15) is 46.1 Å². The van der Waals surface area contributed by atoms with E-state index < -0.39 is 0 Å². The average Bonchev–Trinajstić information content (AvgIpc) is 3.44. The highest BCUT2D eigenvalue weighted by Crippen LogP contribution is 2.40. The van der Waals surface area contributed by atoms with Gasteiger partial charge in [0.25, 0.3) is 0 Å². The molecule has 2 heterocycles. The van der Waals surface area contributed by atoms with Crippen LogP contribution in [0.25, 0.3) is 0 Å². The Morgan fingerprint density at radius 3 is 2.73 bits per heavy atom. The van der Waals surface area contributed by atoms with Crippen LogP contribution in [-0.4, -0.2) is 21.0 Å². The molecule has 0 spiro atoms. The number of benzene rings is 1. The number of hydrogen-bond acceptors (Lipinski definition) is 5. The first-order valence-corrected chi connectivity index (χ1v) is 8.79. The van der Waals surface area contributed by atoms with Crippen LogP contribution in [-0.2, 0) is 0 Å². The molecule has 4 N–H and O–H groups in total. The number of H-pyrrole nitrogens is 1. The molecule has 0 aliphatic heterocycles. The fourth-order valence-corrected chi connectivity index (χ4v) is 3.03. The van der Waals surface area contributed by atoms with Crippen molar-refractivity contribution in [3.05, 3.63) is 64.1 Å². The van der Waals surface area contributed by atoms with Crippen LogP contribution in [0.3, 0.4) is 0 Å². The fraction of sp³-hybridized carbons (Fsp3) is 0.211. The molecule has 1 saturated carbocycles. The monoisotopic (exact) mass is 367 g/mol. The van der Waals surface area contributed by atoms with E-state index >= 15 is 0 Å². The number of nitrogens with two attached hydrogens (primary N) is 1. The maximum absolute atomic E-state index is 13.0. The summed E-state index contributed by atoms with van der Waals surface area (Å²) < 4.78 is 0. The zero-order chi connectivity index (χ0) is 18.3. The minimum absolute atomic E-state index is 0.196. The Hall–Kier alpha value is -2.86. The van der Waals surface area contributed by atoms with E-state index in [0.717, 1.165) is 24.2 Å². The molecular formula is C19H18ClN5O. The Bertz CT molecular complexity index is 993. The topological polar surface area (TPSA) is 96.7 Å². The van der Waals surface area contributed by atoms with Gasteiger partial charge in [-0.1, -0.05) is 23.7 Å². The number of pyridine rings is 1. The minimum atomic E-state index is -0.196. The van der Waals surface area contributed by atoms with E-state index in [1.807, 2.05) is 13.0 Å². The third-order valence-electron chi connectivity index (χ3n) is 4.53. The molecule has 0 atom stereocenters. The molecule has 0 amide bonds. The van der Waals surface area contributed by atoms with Crippen LogP contribution in [0.15, 0.2) is 36.5 Å². The van der Waals surface area contributed by atoms with Gasteiger partial charge in [0.1, 0.15) is 0 Å². The lowest BCUT2D eigenvalue weighted by Gasteiger charge is -2.12. The lowest BCUT2D eigenvalue weighted by Crippen LogP contribution is -2.09. The molecule has 1 fully saturated rings. The van der Waals surface area contributed by atoms with Gasteiger partial charge in [-0.3, -0.25) is 14.9 Å². The van der Waals surface area contributed by atoms with E-state index in [0.29, 0.717) is 39.3 Å². The smallest absolute Gasteiger partial charge is 0.198 e. The number of ketones is 1. The number of nitrogens with zero attached hydrogens (tertiary/aromatic N) is 2. The van der Waals surface area contributed by atoms with Crippen molar-refractivity contribution >= 4 is 34.6 Å². The molecule has 7 heteroatoms. The Morgan fingerprint density at radius 2 is 2.08 bits per heavy atom. The summed E-state index contributed by atoms with van der Waals surface area (Å²) in [6, 6.07) is 8.89. The highest BCUT2D eigenvalue weighted by atomic mass is 35.5. The van der Waals surface area contributed by atoms with Gasteiger partial charge in [-0.2, -0.15) is 5.10 Å². The molecule has 26 heavy (non-hydrogen) atoms. The molecule has 1 aliphatic carbocycles. The van der Waals surface area contributed by atoms with Gasteiger partial charge in [0.15, 0.2) is 11.6 Å². The van der Waals surface area contributed by atoms with Crippen LogP contribution in [0, 0.1) is 6.92 Å². The number of hydrogen-bond donors (Lipinski definition) is 3. The highest BCUT2D eigenvalue weighted by molar-refractivity contribution is 6.35. The van der Waals surface area contributed by atoms with Gasteiger partial charge in [-0.15, -0.1) is 0 Å². The van der Waals surface area contributed by atoms with E-state index in [1.165, 1.54) is 0 Å². The average molecular weight is 368 g/mol. The summed E-state index contributed by atoms with van der Waals surface area (Å²) in [4.78, 5) is 17.5. The van der Waals surface area contributed by atoms with Crippen LogP contribution in [0.2, 0.25) is 5.02 Å². The van der Waals surface area contributed by atoms with Crippen molar-refractivity contribution in [2.75, 3.05) is 11.1 Å². The molecule has 0 saturated heterocycles. The number of anilines is 3. The molecule has 0 bridgehead atoms. The van der Waals surface area contributed by atoms with Gasteiger partial charge in [-0.25, -0.2) is 0 Å². The number of carbonyl (C=O) groups is 1. The summed E-state index contributed by atoms with van der Waals surface area (Å²) in [5.74, 6) is 0.751. The second-order valence-electron chi connectivity index (χ2n) is 6.47. The first-order valence-electron chi connectivity index (χ1n) is 8.41. The molecule has 0 radical (unpaired) electrons. The van der Waals surface area contributed by atoms with Gasteiger partial charge < -0.3 is 11.1 Å². The molecule has 4 rings (SSSR count). The number of nitrogens with one attached hydrogen (secondary N) is 2. The molecule has 3 aromatic rings. The van der Waals surface area contributed by atoms with Crippen molar-refractivity contribution in [1.82, 2.24) is 15.2 Å². The van der Waals surface area contributed by atoms with Crippen molar-refractivity contribution < 1.29 is 4.79 Å². The lowest BCUT2D eigenvalue weighted by molar-refractivity contribution is 0.103. The van der Waals surface area contributed by atoms with Crippen molar-refractivity contribution in [1.29, 1.82) is 0 Å². The second kappa shape index (κ2) is 6.46. The third kappa shape index (κ3) is 3.04. The van der Waals surface area contributed by atoms with Gasteiger partial charge in [0, 0.05) is 23.4 Å². The second-order valence-corrected chi connectivity index (χ2v) is 6.88. The van der Waals surface area contributed by atoms with Crippen molar-refractivity contribution in [2.45, 2.75) is 25.7 Å². The third-order valence-corrected chi connectivity index (χ3v) is 4.86. The number of halogens is 1. The molecule has 1 aliphatic rings. The van der Waals surface area contributed by atoms with Gasteiger partial charge in [0.2, 0.25) is 0 Å². The van der Waals surface area contributed by atoms with Crippen LogP contribution in [0.4, 0.5) is 17.2 Å². The standard InChI is InChI=1S/C19H18ClN5O/c1-10-17(21)19(25-24-10)23-16-8-15(11-6-7-11)22-9-13(16)18(26)12-4-2-3-5-14(12)20/h2-5,8-9,11H,6-7,21H2,1H3,(H2,22,23,24,25). The van der Waals surface area contributed by atoms with Crippen molar-refractivity contribution in [3.63, 3.8) is 0 Å². The maximum Gasteiger partial charge on any atom is 0.198 e. The SMILES string of the molecule is Cc1[nH]nc(Nc2cc(C3CC3)ncc2C(=O)c2ccccc2Cl)c1N. The minimum Gasteiger partial charge on any atom is -0.394 e. The molecule has 132 valence electrons. The van der Waals surface area contributed by atoms with Crippen LogP contribution < -0.4 is 11.1 Å². The first kappa shape index (κ1) is 16.6. The lowest BCUT2D eigenvalue weighted by atomic mass is 10.0. The summed E-state index contributed by atoms with van der Waals surface area (Å²) in [5, 5.41) is 10.6. The quantitative estimate of drug-likeness (QED) is 0.587. The molecule has 6 nitrogen and oxygen atoms in total. The predicted octanol–water partition coefficient (Wildman–Crippen LogP) is 4.20. The number of rotatable bonds is 5.